The van der Waals surface area contributed by atoms with Crippen molar-refractivity contribution < 1.29 is 29.0 Å². The minimum absolute atomic E-state index is 0.143. The van der Waals surface area contributed by atoms with E-state index in [0.29, 0.717) is 29.1 Å². The Morgan fingerprint density at radius 2 is 1.59 bits per heavy atom. The predicted molar refractivity (Wildman–Crippen MR) is 130 cm³/mol. The van der Waals surface area contributed by atoms with Crippen molar-refractivity contribution in [1.29, 1.82) is 0 Å². The number of carbonyl (C=O) groups excluding carboxylic acids is 3. The molecule has 0 aromatic heterocycles. The molecule has 1 fully saturated rings. The number of esters is 1. The summed E-state index contributed by atoms with van der Waals surface area (Å²) in [7, 11) is 1.32. The first-order valence-electron chi connectivity index (χ1n) is 10.4. The van der Waals surface area contributed by atoms with E-state index in [1.807, 2.05) is 12.1 Å². The molecule has 8 heteroatoms. The van der Waals surface area contributed by atoms with Gasteiger partial charge < -0.3 is 14.6 Å². The third kappa shape index (κ3) is 5.65. The molecule has 34 heavy (non-hydrogen) atoms. The number of nitrogens with one attached hydrogen (secondary N) is 1. The first-order valence-corrected chi connectivity index (χ1v) is 11.3. The van der Waals surface area contributed by atoms with Gasteiger partial charge in [-0.2, -0.15) is 0 Å². The monoisotopic (exact) mass is 475 g/mol. The van der Waals surface area contributed by atoms with Gasteiger partial charge in [0.1, 0.15) is 17.2 Å². The van der Waals surface area contributed by atoms with Crippen molar-refractivity contribution >= 4 is 40.5 Å². The van der Waals surface area contributed by atoms with Crippen molar-refractivity contribution in [2.75, 3.05) is 7.11 Å². The maximum Gasteiger partial charge on any atom is 0.338 e. The molecular formula is C26H21NO6S. The van der Waals surface area contributed by atoms with Gasteiger partial charge in [-0.3, -0.25) is 14.9 Å². The fraction of sp³-hybridized carbons (Fsp3) is 0.115. The van der Waals surface area contributed by atoms with E-state index in [1.54, 1.807) is 66.7 Å². The second kappa shape index (κ2) is 10.3. The molecule has 0 radical (unpaired) electrons. The van der Waals surface area contributed by atoms with Crippen molar-refractivity contribution in [3.05, 3.63) is 89.5 Å². The zero-order valence-electron chi connectivity index (χ0n) is 18.2. The molecule has 1 atom stereocenters. The summed E-state index contributed by atoms with van der Waals surface area (Å²) in [6.45, 7) is 0. The number of ether oxygens (including phenoxy) is 2. The smallest absolute Gasteiger partial charge is 0.338 e. The number of carbonyl (C=O) groups is 3. The molecule has 172 valence electrons. The summed E-state index contributed by atoms with van der Waals surface area (Å²) in [6.07, 6.45) is 2.15. The highest BCUT2D eigenvalue weighted by atomic mass is 32.2. The molecule has 1 heterocycles. The van der Waals surface area contributed by atoms with Gasteiger partial charge in [0.05, 0.1) is 17.9 Å². The van der Waals surface area contributed by atoms with Gasteiger partial charge in [-0.25, -0.2) is 4.79 Å². The van der Waals surface area contributed by atoms with E-state index in [2.05, 4.69) is 5.32 Å². The van der Waals surface area contributed by atoms with Crippen LogP contribution < -0.4 is 10.1 Å². The van der Waals surface area contributed by atoms with Crippen molar-refractivity contribution in [2.24, 2.45) is 0 Å². The summed E-state index contributed by atoms with van der Waals surface area (Å²) < 4.78 is 10.8. The van der Waals surface area contributed by atoms with Crippen LogP contribution in [0.3, 0.4) is 0 Å². The van der Waals surface area contributed by atoms with Crippen LogP contribution in [0.15, 0.2) is 72.8 Å². The number of thioether (sulfide) groups is 1. The third-order valence-corrected chi connectivity index (χ3v) is 6.10. The lowest BCUT2D eigenvalue weighted by Gasteiger charge is -2.10. The number of amides is 2. The van der Waals surface area contributed by atoms with Crippen LogP contribution in [0.25, 0.3) is 11.6 Å². The summed E-state index contributed by atoms with van der Waals surface area (Å²) in [6, 6.07) is 20.8. The number of hydrogen-bond donors (Lipinski definition) is 2. The van der Waals surface area contributed by atoms with Crippen LogP contribution in [0.2, 0.25) is 0 Å². The molecule has 3 aromatic carbocycles. The van der Waals surface area contributed by atoms with Gasteiger partial charge in [0.2, 0.25) is 5.91 Å². The predicted octanol–water partition coefficient (Wildman–Crippen LogP) is 4.79. The van der Waals surface area contributed by atoms with Crippen LogP contribution in [-0.4, -0.2) is 34.6 Å². The molecule has 1 saturated heterocycles. The molecule has 0 aliphatic carbocycles. The largest absolute Gasteiger partial charge is 0.508 e. The van der Waals surface area contributed by atoms with Crippen molar-refractivity contribution in [1.82, 2.24) is 5.32 Å². The van der Waals surface area contributed by atoms with E-state index in [4.69, 9.17) is 9.47 Å². The normalized spacial score (nSPS) is 15.7. The fourth-order valence-corrected chi connectivity index (χ4v) is 4.24. The van der Waals surface area contributed by atoms with E-state index < -0.39 is 11.2 Å². The van der Waals surface area contributed by atoms with Crippen LogP contribution >= 0.6 is 11.8 Å². The minimum Gasteiger partial charge on any atom is -0.508 e. The second-order valence-corrected chi connectivity index (χ2v) is 8.67. The van der Waals surface area contributed by atoms with Crippen molar-refractivity contribution in [3.8, 4) is 17.2 Å². The molecule has 1 aliphatic heterocycles. The Labute approximate surface area is 200 Å². The van der Waals surface area contributed by atoms with Crippen LogP contribution in [0.4, 0.5) is 4.79 Å². The van der Waals surface area contributed by atoms with Gasteiger partial charge >= 0.3 is 5.97 Å². The Bertz CT molecular complexity index is 1230. The highest BCUT2D eigenvalue weighted by Crippen LogP contribution is 2.28. The van der Waals surface area contributed by atoms with Gasteiger partial charge in [0.25, 0.3) is 5.24 Å². The molecule has 0 bridgehead atoms. The standard InChI is InChI=1S/C26H21NO6S/c1-32-25(30)22(14-16-2-8-19(28)9-3-16)18-6-12-21(13-7-18)33-20-10-4-17(5-11-20)15-23-24(29)27-26(31)34-23/h2-14,23,28H,15H2,1H3,(H,27,29,31)/b22-14+. The van der Waals surface area contributed by atoms with Crippen LogP contribution in [0.1, 0.15) is 16.7 Å². The number of phenolic OH excluding ortho intramolecular Hbond substituents is 1. The van der Waals surface area contributed by atoms with Crippen LogP contribution in [0.5, 0.6) is 17.2 Å². The number of aromatic hydroxyl groups is 1. The summed E-state index contributed by atoms with van der Waals surface area (Å²) in [4.78, 5) is 35.4. The van der Waals surface area contributed by atoms with Crippen LogP contribution in [-0.2, 0) is 20.7 Å². The topological polar surface area (TPSA) is 102 Å². The van der Waals surface area contributed by atoms with Gasteiger partial charge in [0, 0.05) is 0 Å². The Balaban J connectivity index is 1.45. The van der Waals surface area contributed by atoms with Gasteiger partial charge in [-0.05, 0) is 65.6 Å². The SMILES string of the molecule is COC(=O)/C(=C/c1ccc(O)cc1)c1ccc(Oc2ccc(CC3SC(=O)NC3=O)cc2)cc1. The lowest BCUT2D eigenvalue weighted by Crippen LogP contribution is -2.25. The maximum absolute atomic E-state index is 12.3. The molecule has 3 aromatic rings. The average molecular weight is 476 g/mol. The molecule has 1 unspecified atom stereocenters. The van der Waals surface area contributed by atoms with E-state index in [9.17, 15) is 19.5 Å². The van der Waals surface area contributed by atoms with Crippen molar-refractivity contribution in [3.63, 3.8) is 0 Å². The van der Waals surface area contributed by atoms with Gasteiger partial charge in [-0.15, -0.1) is 0 Å². The molecule has 0 saturated carbocycles. The Kier molecular flexibility index (Phi) is 6.98. The highest BCUT2D eigenvalue weighted by Gasteiger charge is 2.31. The zero-order valence-corrected chi connectivity index (χ0v) is 19.0. The molecule has 4 rings (SSSR count). The molecule has 2 N–H and O–H groups in total. The van der Waals surface area contributed by atoms with Gasteiger partial charge in [-0.1, -0.05) is 48.2 Å². The number of imide groups is 1. The van der Waals surface area contributed by atoms with E-state index >= 15 is 0 Å². The second-order valence-electron chi connectivity index (χ2n) is 7.50. The summed E-state index contributed by atoms with van der Waals surface area (Å²) in [5, 5.41) is 11.0. The fourth-order valence-electron chi connectivity index (χ4n) is 3.38. The molecule has 1 aliphatic rings. The van der Waals surface area contributed by atoms with E-state index in [1.165, 1.54) is 7.11 Å². The van der Waals surface area contributed by atoms with Crippen molar-refractivity contribution in [2.45, 2.75) is 11.7 Å². The molecular weight excluding hydrogens is 454 g/mol. The first kappa shape index (κ1) is 23.1. The number of rotatable bonds is 7. The zero-order chi connectivity index (χ0) is 24.1. The summed E-state index contributed by atoms with van der Waals surface area (Å²) >= 11 is 1.00. The average Bonchev–Trinajstić information content (AvgIpc) is 3.16. The Morgan fingerprint density at radius 1 is 0.971 bits per heavy atom. The number of benzene rings is 3. The third-order valence-electron chi connectivity index (χ3n) is 5.12. The maximum atomic E-state index is 12.3. The lowest BCUT2D eigenvalue weighted by atomic mass is 10.0. The number of hydrogen-bond acceptors (Lipinski definition) is 7. The quantitative estimate of drug-likeness (QED) is 0.288. The first-order chi connectivity index (χ1) is 16.4. The van der Waals surface area contributed by atoms with Gasteiger partial charge in [0.15, 0.2) is 0 Å². The highest BCUT2D eigenvalue weighted by molar-refractivity contribution is 8.15. The van der Waals surface area contributed by atoms with Crippen LogP contribution in [0, 0.1) is 0 Å². The minimum atomic E-state index is -0.479. The number of phenols is 1. The Morgan fingerprint density at radius 3 is 2.15 bits per heavy atom. The molecule has 7 nitrogen and oxygen atoms in total. The number of methoxy groups -OCH3 is 1. The lowest BCUT2D eigenvalue weighted by molar-refractivity contribution is -0.133. The summed E-state index contributed by atoms with van der Waals surface area (Å²) in [5.41, 5.74) is 2.70. The summed E-state index contributed by atoms with van der Waals surface area (Å²) in [5.74, 6) is 0.601. The van der Waals surface area contributed by atoms with E-state index in [-0.39, 0.29) is 16.9 Å². The molecule has 0 spiro atoms. The Hall–Kier alpha value is -4.04. The van der Waals surface area contributed by atoms with E-state index in [0.717, 1.165) is 22.9 Å². The molecule has 2 amide bonds.